The fraction of sp³-hybridized carbons (Fsp3) is 0.409. The molecule has 2 rings (SSSR count). The van der Waals surface area contributed by atoms with Gasteiger partial charge in [-0.15, -0.1) is 0 Å². The van der Waals surface area contributed by atoms with Gasteiger partial charge in [-0.1, -0.05) is 44.2 Å². The van der Waals surface area contributed by atoms with Crippen molar-refractivity contribution in [2.24, 2.45) is 11.7 Å². The SMILES string of the molecule is COc1ccc(-c2ccc([C@H](N[C@@H](CC(C)C)C(N)=O)C(F)(F)F)cc2)cc1S(C)(=O)=O. The number of nitrogens with two attached hydrogens (primary N) is 1. The summed E-state index contributed by atoms with van der Waals surface area (Å²) in [6.07, 6.45) is -3.44. The van der Waals surface area contributed by atoms with Crippen LogP contribution < -0.4 is 15.8 Å². The number of amides is 1. The molecule has 1 amide bonds. The summed E-state index contributed by atoms with van der Waals surface area (Å²) in [5.41, 5.74) is 6.24. The number of alkyl halides is 3. The van der Waals surface area contributed by atoms with E-state index in [1.54, 1.807) is 19.9 Å². The monoisotopic (exact) mass is 472 g/mol. The summed E-state index contributed by atoms with van der Waals surface area (Å²) in [5, 5.41) is 2.35. The van der Waals surface area contributed by atoms with E-state index >= 15 is 0 Å². The molecule has 10 heteroatoms. The number of ether oxygens (including phenoxy) is 1. The van der Waals surface area contributed by atoms with E-state index in [0.29, 0.717) is 11.1 Å². The Bertz CT molecular complexity index is 1050. The minimum absolute atomic E-state index is 0.0191. The zero-order valence-corrected chi connectivity index (χ0v) is 19.0. The number of sulfone groups is 1. The van der Waals surface area contributed by atoms with Crippen molar-refractivity contribution in [3.05, 3.63) is 48.0 Å². The number of carbonyl (C=O) groups excluding carboxylic acids is 1. The van der Waals surface area contributed by atoms with E-state index in [0.717, 1.165) is 6.26 Å². The summed E-state index contributed by atoms with van der Waals surface area (Å²) in [7, 11) is -2.23. The lowest BCUT2D eigenvalue weighted by molar-refractivity contribution is -0.160. The molecule has 0 aliphatic rings. The Morgan fingerprint density at radius 2 is 1.66 bits per heavy atom. The Kier molecular flexibility index (Phi) is 7.95. The van der Waals surface area contributed by atoms with Crippen molar-refractivity contribution >= 4 is 15.7 Å². The Hall–Kier alpha value is -2.59. The molecule has 0 spiro atoms. The smallest absolute Gasteiger partial charge is 0.407 e. The van der Waals surface area contributed by atoms with Crippen LogP contribution in [0.3, 0.4) is 0 Å². The molecule has 6 nitrogen and oxygen atoms in total. The van der Waals surface area contributed by atoms with Crippen LogP contribution in [0.15, 0.2) is 47.4 Å². The molecule has 32 heavy (non-hydrogen) atoms. The highest BCUT2D eigenvalue weighted by Gasteiger charge is 2.42. The Labute approximate surface area is 185 Å². The first kappa shape index (κ1) is 25.7. The lowest BCUT2D eigenvalue weighted by Gasteiger charge is -2.27. The number of hydrogen-bond donors (Lipinski definition) is 2. The first-order valence-corrected chi connectivity index (χ1v) is 11.7. The molecular weight excluding hydrogens is 445 g/mol. The molecule has 3 N–H and O–H groups in total. The maximum absolute atomic E-state index is 13.8. The van der Waals surface area contributed by atoms with Gasteiger partial charge in [0.25, 0.3) is 0 Å². The number of hydrogen-bond acceptors (Lipinski definition) is 5. The summed E-state index contributed by atoms with van der Waals surface area (Å²) in [6.45, 7) is 3.57. The van der Waals surface area contributed by atoms with Crippen molar-refractivity contribution in [3.63, 3.8) is 0 Å². The number of benzene rings is 2. The second-order valence-electron chi connectivity index (χ2n) is 7.99. The van der Waals surface area contributed by atoms with Gasteiger partial charge in [-0.2, -0.15) is 13.2 Å². The summed E-state index contributed by atoms with van der Waals surface area (Å²) < 4.78 is 70.4. The van der Waals surface area contributed by atoms with Gasteiger partial charge in [0.15, 0.2) is 9.84 Å². The molecule has 0 aliphatic carbocycles. The molecule has 0 radical (unpaired) electrons. The van der Waals surface area contributed by atoms with Crippen LogP contribution in [0.25, 0.3) is 11.1 Å². The van der Waals surface area contributed by atoms with E-state index in [1.165, 1.54) is 43.5 Å². The van der Waals surface area contributed by atoms with Crippen LogP contribution in [0.5, 0.6) is 5.75 Å². The zero-order valence-electron chi connectivity index (χ0n) is 18.2. The molecule has 0 fully saturated rings. The van der Waals surface area contributed by atoms with Gasteiger partial charge in [-0.3, -0.25) is 10.1 Å². The number of nitrogens with one attached hydrogen (secondary N) is 1. The highest BCUT2D eigenvalue weighted by atomic mass is 32.2. The molecular formula is C22H27F3N2O4S. The van der Waals surface area contributed by atoms with Crippen LogP contribution in [0.1, 0.15) is 31.9 Å². The summed E-state index contributed by atoms with van der Waals surface area (Å²) in [4.78, 5) is 11.6. The summed E-state index contributed by atoms with van der Waals surface area (Å²) in [5.74, 6) is -0.705. The molecule has 0 unspecified atom stereocenters. The topological polar surface area (TPSA) is 98.5 Å². The third-order valence-corrected chi connectivity index (χ3v) is 6.00. The maximum atomic E-state index is 13.8. The second kappa shape index (κ2) is 9.91. The average molecular weight is 473 g/mol. The first-order chi connectivity index (χ1) is 14.7. The number of halogens is 3. The van der Waals surface area contributed by atoms with E-state index < -0.39 is 34.0 Å². The number of methoxy groups -OCH3 is 1. The lowest BCUT2D eigenvalue weighted by atomic mass is 9.97. The van der Waals surface area contributed by atoms with Crippen molar-refractivity contribution in [1.82, 2.24) is 5.32 Å². The normalized spacial score (nSPS) is 14.2. The van der Waals surface area contributed by atoms with E-state index in [-0.39, 0.29) is 28.5 Å². The molecule has 0 saturated carbocycles. The standard InChI is InChI=1S/C22H27F3N2O4S/c1-13(2)11-17(21(26)28)27-20(22(23,24)25)15-7-5-14(6-8-15)16-9-10-18(31-3)19(12-16)32(4,29)30/h5-10,12-13,17,20,27H,11H2,1-4H3,(H2,26,28)/t17-,20-/m0/s1. The molecule has 176 valence electrons. The lowest BCUT2D eigenvalue weighted by Crippen LogP contribution is -2.47. The number of carbonyl (C=O) groups is 1. The fourth-order valence-electron chi connectivity index (χ4n) is 3.33. The van der Waals surface area contributed by atoms with Crippen molar-refractivity contribution < 1.29 is 31.1 Å². The van der Waals surface area contributed by atoms with Gasteiger partial charge >= 0.3 is 6.18 Å². The van der Waals surface area contributed by atoms with Crippen LogP contribution in [-0.4, -0.2) is 39.9 Å². The highest BCUT2D eigenvalue weighted by molar-refractivity contribution is 7.90. The van der Waals surface area contributed by atoms with Crippen molar-refractivity contribution in [2.45, 2.75) is 43.4 Å². The molecule has 2 atom stereocenters. The number of primary amides is 1. The molecule has 0 bridgehead atoms. The van der Waals surface area contributed by atoms with Crippen LogP contribution >= 0.6 is 0 Å². The Morgan fingerprint density at radius 1 is 1.09 bits per heavy atom. The van der Waals surface area contributed by atoms with Gasteiger partial charge in [0.1, 0.15) is 16.7 Å². The molecule has 0 saturated heterocycles. The van der Waals surface area contributed by atoms with Crippen molar-refractivity contribution in [3.8, 4) is 16.9 Å². The van der Waals surface area contributed by atoms with Crippen LogP contribution in [-0.2, 0) is 14.6 Å². The zero-order chi connectivity index (χ0) is 24.3. The van der Waals surface area contributed by atoms with Gasteiger partial charge in [0.05, 0.1) is 13.2 Å². The fourth-order valence-corrected chi connectivity index (χ4v) is 4.19. The third-order valence-electron chi connectivity index (χ3n) is 4.89. The Morgan fingerprint density at radius 3 is 2.09 bits per heavy atom. The predicted molar refractivity (Wildman–Crippen MR) is 116 cm³/mol. The van der Waals surface area contributed by atoms with Crippen LogP contribution in [0, 0.1) is 5.92 Å². The maximum Gasteiger partial charge on any atom is 0.407 e. The quantitative estimate of drug-likeness (QED) is 0.578. The van der Waals surface area contributed by atoms with E-state index in [2.05, 4.69) is 5.32 Å². The van der Waals surface area contributed by atoms with Crippen molar-refractivity contribution in [1.29, 1.82) is 0 Å². The van der Waals surface area contributed by atoms with Crippen LogP contribution in [0.2, 0.25) is 0 Å². The minimum atomic E-state index is -4.66. The van der Waals surface area contributed by atoms with E-state index in [4.69, 9.17) is 10.5 Å². The molecule has 0 aromatic heterocycles. The first-order valence-electron chi connectivity index (χ1n) is 9.84. The summed E-state index contributed by atoms with van der Waals surface area (Å²) in [6, 6.07) is 6.80. The van der Waals surface area contributed by atoms with Gasteiger partial charge in [0, 0.05) is 6.26 Å². The minimum Gasteiger partial charge on any atom is -0.495 e. The largest absolute Gasteiger partial charge is 0.495 e. The highest BCUT2D eigenvalue weighted by Crippen LogP contribution is 2.35. The molecule has 2 aromatic carbocycles. The van der Waals surface area contributed by atoms with Gasteiger partial charge in [-0.05, 0) is 41.2 Å². The number of rotatable bonds is 9. The third kappa shape index (κ3) is 6.46. The van der Waals surface area contributed by atoms with Gasteiger partial charge < -0.3 is 10.5 Å². The van der Waals surface area contributed by atoms with Gasteiger partial charge in [-0.25, -0.2) is 8.42 Å². The second-order valence-corrected chi connectivity index (χ2v) is 9.97. The van der Waals surface area contributed by atoms with Crippen LogP contribution in [0.4, 0.5) is 13.2 Å². The van der Waals surface area contributed by atoms with Gasteiger partial charge in [0.2, 0.25) is 5.91 Å². The average Bonchev–Trinajstić information content (AvgIpc) is 2.68. The Balaban J connectivity index is 2.41. The molecule has 0 heterocycles. The molecule has 0 aliphatic heterocycles. The molecule has 2 aromatic rings. The van der Waals surface area contributed by atoms with E-state index in [9.17, 15) is 26.4 Å². The van der Waals surface area contributed by atoms with E-state index in [1.807, 2.05) is 0 Å². The van der Waals surface area contributed by atoms with Crippen molar-refractivity contribution in [2.75, 3.05) is 13.4 Å². The predicted octanol–water partition coefficient (Wildman–Crippen LogP) is 3.86. The summed E-state index contributed by atoms with van der Waals surface area (Å²) >= 11 is 0.